The van der Waals surface area contributed by atoms with Gasteiger partial charge in [-0.25, -0.2) is 9.69 Å². The number of carbonyl (C=O) groups is 3. The largest absolute Gasteiger partial charge is 0.478 e. The number of hydrogen-bond donors (Lipinski definition) is 1. The zero-order chi connectivity index (χ0) is 20.6. The summed E-state index contributed by atoms with van der Waals surface area (Å²) in [6.45, 7) is 8.27. The van der Waals surface area contributed by atoms with Gasteiger partial charge in [0.1, 0.15) is 0 Å². The van der Waals surface area contributed by atoms with E-state index in [9.17, 15) is 19.5 Å². The first kappa shape index (κ1) is 19.8. The van der Waals surface area contributed by atoms with Crippen LogP contribution >= 0.6 is 0 Å². The first-order chi connectivity index (χ1) is 13.3. The van der Waals surface area contributed by atoms with Crippen molar-refractivity contribution < 1.29 is 19.5 Å². The van der Waals surface area contributed by atoms with Gasteiger partial charge in [0.05, 0.1) is 22.4 Å². The zero-order valence-corrected chi connectivity index (χ0v) is 16.7. The predicted molar refractivity (Wildman–Crippen MR) is 108 cm³/mol. The summed E-state index contributed by atoms with van der Waals surface area (Å²) in [5, 5.41) is 9.49. The fourth-order valence-corrected chi connectivity index (χ4v) is 3.74. The van der Waals surface area contributed by atoms with Crippen molar-refractivity contribution in [2.24, 2.45) is 0 Å². The molecule has 1 aliphatic rings. The van der Waals surface area contributed by atoms with Gasteiger partial charge in [0.15, 0.2) is 0 Å². The van der Waals surface area contributed by atoms with E-state index in [1.165, 1.54) is 23.1 Å². The number of carboxylic acids is 1. The van der Waals surface area contributed by atoms with Crippen molar-refractivity contribution in [2.75, 3.05) is 4.90 Å². The van der Waals surface area contributed by atoms with E-state index in [4.69, 9.17) is 0 Å². The number of para-hydroxylation sites is 1. The molecule has 28 heavy (non-hydrogen) atoms. The van der Waals surface area contributed by atoms with Crippen LogP contribution in [0.2, 0.25) is 0 Å². The molecule has 1 N–H and O–H groups in total. The van der Waals surface area contributed by atoms with Gasteiger partial charge in [-0.15, -0.1) is 0 Å². The van der Waals surface area contributed by atoms with Gasteiger partial charge in [-0.3, -0.25) is 9.59 Å². The average molecular weight is 379 g/mol. The monoisotopic (exact) mass is 379 g/mol. The van der Waals surface area contributed by atoms with Crippen LogP contribution in [-0.4, -0.2) is 22.9 Å². The highest BCUT2D eigenvalue weighted by Crippen LogP contribution is 2.41. The molecular formula is C23H25NO4. The first-order valence-electron chi connectivity index (χ1n) is 9.71. The van der Waals surface area contributed by atoms with Crippen molar-refractivity contribution in [3.8, 4) is 0 Å². The number of benzene rings is 2. The number of amides is 2. The number of fused-ring (bicyclic) bond motifs is 1. The summed E-state index contributed by atoms with van der Waals surface area (Å²) in [7, 11) is 0. The average Bonchev–Trinajstić information content (AvgIpc) is 2.96. The minimum absolute atomic E-state index is 0.0194. The molecule has 0 bridgehead atoms. The molecule has 0 fully saturated rings. The van der Waals surface area contributed by atoms with Crippen LogP contribution < -0.4 is 4.90 Å². The van der Waals surface area contributed by atoms with Crippen molar-refractivity contribution in [3.05, 3.63) is 64.2 Å². The molecule has 0 aromatic heterocycles. The molecule has 3 rings (SSSR count). The molecule has 5 nitrogen and oxygen atoms in total. The Hall–Kier alpha value is -2.95. The molecule has 1 heterocycles. The van der Waals surface area contributed by atoms with Crippen molar-refractivity contribution in [1.82, 2.24) is 0 Å². The summed E-state index contributed by atoms with van der Waals surface area (Å²) in [6.07, 6.45) is 1.72. The maximum Gasteiger partial charge on any atom is 0.336 e. The summed E-state index contributed by atoms with van der Waals surface area (Å²) in [5.41, 5.74) is 2.49. The Morgan fingerprint density at radius 2 is 1.46 bits per heavy atom. The Labute approximate surface area is 165 Å². The van der Waals surface area contributed by atoms with E-state index in [1.807, 2.05) is 18.2 Å². The molecule has 2 amide bonds. The third-order valence-electron chi connectivity index (χ3n) is 5.75. The number of imide groups is 1. The second kappa shape index (κ2) is 7.58. The topological polar surface area (TPSA) is 74.7 Å². The van der Waals surface area contributed by atoms with E-state index in [-0.39, 0.29) is 28.5 Å². The van der Waals surface area contributed by atoms with Gasteiger partial charge in [-0.05, 0) is 47.9 Å². The summed E-state index contributed by atoms with van der Waals surface area (Å²) < 4.78 is 0. The lowest BCUT2D eigenvalue weighted by atomic mass is 9.88. The predicted octanol–water partition coefficient (Wildman–Crippen LogP) is 5.21. The third kappa shape index (κ3) is 3.01. The molecule has 1 aliphatic heterocycles. The molecule has 2 aromatic carbocycles. The van der Waals surface area contributed by atoms with E-state index in [2.05, 4.69) is 27.7 Å². The quantitative estimate of drug-likeness (QED) is 0.699. The maximum atomic E-state index is 13.3. The Morgan fingerprint density at radius 3 is 1.96 bits per heavy atom. The number of nitrogens with zero attached hydrogens (tertiary/aromatic N) is 1. The molecule has 146 valence electrons. The zero-order valence-electron chi connectivity index (χ0n) is 16.7. The van der Waals surface area contributed by atoms with Crippen LogP contribution in [0.3, 0.4) is 0 Å². The van der Waals surface area contributed by atoms with Gasteiger partial charge < -0.3 is 5.11 Å². The third-order valence-corrected chi connectivity index (χ3v) is 5.75. The van der Waals surface area contributed by atoms with E-state index >= 15 is 0 Å². The number of rotatable bonds is 6. The normalized spacial score (nSPS) is 15.5. The van der Waals surface area contributed by atoms with E-state index in [1.54, 1.807) is 0 Å². The number of carbonyl (C=O) groups excluding carboxylic acids is 2. The Morgan fingerprint density at radius 1 is 0.929 bits per heavy atom. The molecule has 2 aromatic rings. The Balaban J connectivity index is 2.27. The fraction of sp³-hybridized carbons (Fsp3) is 0.348. The number of hydrogen-bond acceptors (Lipinski definition) is 3. The Bertz CT molecular complexity index is 935. The van der Waals surface area contributed by atoms with Gasteiger partial charge >= 0.3 is 5.97 Å². The van der Waals surface area contributed by atoms with Gasteiger partial charge in [0.2, 0.25) is 0 Å². The fourth-order valence-electron chi connectivity index (χ4n) is 3.74. The lowest BCUT2D eigenvalue weighted by Gasteiger charge is -2.27. The highest BCUT2D eigenvalue weighted by molar-refractivity contribution is 6.36. The van der Waals surface area contributed by atoms with Gasteiger partial charge in [-0.1, -0.05) is 52.0 Å². The van der Waals surface area contributed by atoms with Crippen LogP contribution in [0.15, 0.2) is 36.4 Å². The lowest BCUT2D eigenvalue weighted by Crippen LogP contribution is -2.32. The first-order valence-corrected chi connectivity index (χ1v) is 9.71. The standard InChI is InChI=1S/C23H25NO4/c1-5-13(3)15-9-7-10-16(14(4)6-2)20(15)24-21(25)17-11-8-12-18(23(27)28)19(17)22(24)26/h7-14H,5-6H2,1-4H3,(H,27,28). The number of aromatic carboxylic acids is 1. The molecule has 0 saturated carbocycles. The second-order valence-corrected chi connectivity index (χ2v) is 7.38. The lowest BCUT2D eigenvalue weighted by molar-refractivity contribution is 0.0692. The Kier molecular flexibility index (Phi) is 5.36. The van der Waals surface area contributed by atoms with E-state index < -0.39 is 17.8 Å². The van der Waals surface area contributed by atoms with Crippen molar-refractivity contribution >= 4 is 23.5 Å². The maximum absolute atomic E-state index is 13.3. The number of anilines is 1. The molecular weight excluding hydrogens is 354 g/mol. The smallest absolute Gasteiger partial charge is 0.336 e. The van der Waals surface area contributed by atoms with Gasteiger partial charge in [0.25, 0.3) is 11.8 Å². The van der Waals surface area contributed by atoms with Crippen molar-refractivity contribution in [1.29, 1.82) is 0 Å². The van der Waals surface area contributed by atoms with Crippen LogP contribution in [0.5, 0.6) is 0 Å². The molecule has 0 saturated heterocycles. The van der Waals surface area contributed by atoms with Crippen molar-refractivity contribution in [3.63, 3.8) is 0 Å². The summed E-state index contributed by atoms with van der Waals surface area (Å²) in [6, 6.07) is 10.3. The van der Waals surface area contributed by atoms with Crippen LogP contribution in [0.4, 0.5) is 5.69 Å². The SMILES string of the molecule is CCC(C)c1cccc(C(C)CC)c1N1C(=O)c2cccc(C(=O)O)c2C1=O. The highest BCUT2D eigenvalue weighted by Gasteiger charge is 2.41. The van der Waals surface area contributed by atoms with Gasteiger partial charge in [-0.2, -0.15) is 0 Å². The second-order valence-electron chi connectivity index (χ2n) is 7.38. The van der Waals surface area contributed by atoms with Crippen LogP contribution in [-0.2, 0) is 0 Å². The van der Waals surface area contributed by atoms with E-state index in [0.29, 0.717) is 5.69 Å². The number of carboxylic acid groups (broad SMARTS) is 1. The molecule has 0 radical (unpaired) electrons. The highest BCUT2D eigenvalue weighted by atomic mass is 16.4. The van der Waals surface area contributed by atoms with Crippen LogP contribution in [0.1, 0.15) is 94.6 Å². The van der Waals surface area contributed by atoms with Crippen molar-refractivity contribution in [2.45, 2.75) is 52.4 Å². The summed E-state index contributed by atoms with van der Waals surface area (Å²) in [4.78, 5) is 39.3. The molecule has 5 heteroatoms. The molecule has 2 atom stereocenters. The van der Waals surface area contributed by atoms with E-state index in [0.717, 1.165) is 24.0 Å². The van der Waals surface area contributed by atoms with Crippen LogP contribution in [0, 0.1) is 0 Å². The molecule has 2 unspecified atom stereocenters. The minimum atomic E-state index is -1.21. The van der Waals surface area contributed by atoms with Gasteiger partial charge in [0, 0.05) is 0 Å². The molecule has 0 aliphatic carbocycles. The summed E-state index contributed by atoms with van der Waals surface area (Å²) in [5.74, 6) is -1.91. The summed E-state index contributed by atoms with van der Waals surface area (Å²) >= 11 is 0. The minimum Gasteiger partial charge on any atom is -0.478 e. The van der Waals surface area contributed by atoms with Crippen LogP contribution in [0.25, 0.3) is 0 Å². The molecule has 0 spiro atoms.